The van der Waals surface area contributed by atoms with Gasteiger partial charge in [-0.05, 0) is 55.8 Å². The number of carbonyl (C=O) groups is 1. The first-order chi connectivity index (χ1) is 10.2. The average Bonchev–Trinajstić information content (AvgIpc) is 3.07. The summed E-state index contributed by atoms with van der Waals surface area (Å²) >= 11 is 6.04. The molecule has 1 saturated heterocycles. The Kier molecular flexibility index (Phi) is 4.51. The molecule has 2 aliphatic rings. The predicted octanol–water partition coefficient (Wildman–Crippen LogP) is 3.08. The fourth-order valence-electron chi connectivity index (χ4n) is 3.86. The highest BCUT2D eigenvalue weighted by Gasteiger charge is 2.43. The van der Waals surface area contributed by atoms with Crippen molar-refractivity contribution in [2.45, 2.75) is 38.8 Å². The van der Waals surface area contributed by atoms with E-state index in [1.54, 1.807) is 0 Å². The largest absolute Gasteiger partial charge is 0.337 e. The molecule has 21 heavy (non-hydrogen) atoms. The van der Waals surface area contributed by atoms with Crippen LogP contribution >= 0.6 is 11.6 Å². The second-order valence-electron chi connectivity index (χ2n) is 6.22. The maximum absolute atomic E-state index is 12.8. The number of nitrogens with zero attached hydrogens (tertiary/aromatic N) is 1. The van der Waals surface area contributed by atoms with Gasteiger partial charge in [-0.25, -0.2) is 0 Å². The van der Waals surface area contributed by atoms with Crippen LogP contribution in [0.3, 0.4) is 0 Å². The van der Waals surface area contributed by atoms with Crippen molar-refractivity contribution in [2.75, 3.05) is 13.1 Å². The standard InChI is InChI=1S/C17H23ClN2O/c1-2-20(11-12-5-3-7-14(18)9-12)17(21)16-15-8-4-6-13(15)10-19-16/h3,5,7,9,13,15-16,19H,2,4,6,8,10-11H2,1H3. The van der Waals surface area contributed by atoms with Crippen LogP contribution in [0, 0.1) is 11.8 Å². The van der Waals surface area contributed by atoms with Crippen molar-refractivity contribution in [1.82, 2.24) is 10.2 Å². The molecule has 1 N–H and O–H groups in total. The van der Waals surface area contributed by atoms with E-state index in [2.05, 4.69) is 5.32 Å². The number of hydrogen-bond acceptors (Lipinski definition) is 2. The molecular formula is C17H23ClN2O. The molecule has 4 heteroatoms. The molecule has 1 amide bonds. The molecule has 0 radical (unpaired) electrons. The van der Waals surface area contributed by atoms with Crippen molar-refractivity contribution >= 4 is 17.5 Å². The Bertz CT molecular complexity index is 519. The van der Waals surface area contributed by atoms with Crippen LogP contribution in [-0.2, 0) is 11.3 Å². The van der Waals surface area contributed by atoms with Crippen LogP contribution < -0.4 is 5.32 Å². The van der Waals surface area contributed by atoms with Crippen LogP contribution in [0.1, 0.15) is 31.7 Å². The molecule has 3 unspecified atom stereocenters. The number of nitrogens with one attached hydrogen (secondary N) is 1. The predicted molar refractivity (Wildman–Crippen MR) is 85.2 cm³/mol. The number of carbonyl (C=O) groups excluding carboxylic acids is 1. The summed E-state index contributed by atoms with van der Waals surface area (Å²) in [6.45, 7) is 4.44. The van der Waals surface area contributed by atoms with Crippen molar-refractivity contribution in [1.29, 1.82) is 0 Å². The molecule has 2 fully saturated rings. The van der Waals surface area contributed by atoms with Gasteiger partial charge in [-0.3, -0.25) is 4.79 Å². The first-order valence-corrected chi connectivity index (χ1v) is 8.33. The van der Waals surface area contributed by atoms with Gasteiger partial charge in [0.2, 0.25) is 5.91 Å². The van der Waals surface area contributed by atoms with Crippen molar-refractivity contribution in [3.63, 3.8) is 0 Å². The van der Waals surface area contributed by atoms with E-state index in [1.165, 1.54) is 19.3 Å². The van der Waals surface area contributed by atoms with E-state index in [-0.39, 0.29) is 11.9 Å². The van der Waals surface area contributed by atoms with E-state index < -0.39 is 0 Å². The Hall–Kier alpha value is -1.06. The molecule has 0 bridgehead atoms. The van der Waals surface area contributed by atoms with Crippen LogP contribution in [0.25, 0.3) is 0 Å². The summed E-state index contributed by atoms with van der Waals surface area (Å²) in [5.41, 5.74) is 1.10. The quantitative estimate of drug-likeness (QED) is 0.927. The van der Waals surface area contributed by atoms with Crippen LogP contribution in [0.4, 0.5) is 0 Å². The van der Waals surface area contributed by atoms with Crippen LogP contribution in [0.5, 0.6) is 0 Å². The fourth-order valence-corrected chi connectivity index (χ4v) is 4.07. The number of hydrogen-bond donors (Lipinski definition) is 1. The molecule has 0 aromatic heterocycles. The summed E-state index contributed by atoms with van der Waals surface area (Å²) in [5.74, 6) is 1.52. The first kappa shape index (κ1) is 14.9. The summed E-state index contributed by atoms with van der Waals surface area (Å²) < 4.78 is 0. The maximum Gasteiger partial charge on any atom is 0.240 e. The fraction of sp³-hybridized carbons (Fsp3) is 0.588. The van der Waals surface area contributed by atoms with Gasteiger partial charge < -0.3 is 10.2 Å². The second-order valence-corrected chi connectivity index (χ2v) is 6.66. The van der Waals surface area contributed by atoms with Gasteiger partial charge in [-0.15, -0.1) is 0 Å². The Balaban J connectivity index is 1.69. The molecule has 1 aromatic rings. The molecule has 1 heterocycles. The number of rotatable bonds is 4. The Morgan fingerprint density at radius 1 is 1.43 bits per heavy atom. The van der Waals surface area contributed by atoms with Gasteiger partial charge in [0.15, 0.2) is 0 Å². The number of amides is 1. The van der Waals surface area contributed by atoms with Gasteiger partial charge in [0.1, 0.15) is 0 Å². The van der Waals surface area contributed by atoms with E-state index in [4.69, 9.17) is 11.6 Å². The van der Waals surface area contributed by atoms with Crippen LogP contribution in [-0.4, -0.2) is 29.9 Å². The van der Waals surface area contributed by atoms with Crippen LogP contribution in [0.15, 0.2) is 24.3 Å². The summed E-state index contributed by atoms with van der Waals surface area (Å²) in [7, 11) is 0. The van der Waals surface area contributed by atoms with E-state index >= 15 is 0 Å². The Labute approximate surface area is 131 Å². The third-order valence-electron chi connectivity index (χ3n) is 4.97. The average molecular weight is 307 g/mol. The monoisotopic (exact) mass is 306 g/mol. The van der Waals surface area contributed by atoms with Crippen molar-refractivity contribution in [3.05, 3.63) is 34.9 Å². The maximum atomic E-state index is 12.8. The van der Waals surface area contributed by atoms with E-state index in [9.17, 15) is 4.79 Å². The zero-order chi connectivity index (χ0) is 14.8. The van der Waals surface area contributed by atoms with Crippen LogP contribution in [0.2, 0.25) is 5.02 Å². The van der Waals surface area contributed by atoms with Crippen molar-refractivity contribution < 1.29 is 4.79 Å². The zero-order valence-corrected chi connectivity index (χ0v) is 13.3. The summed E-state index contributed by atoms with van der Waals surface area (Å²) in [6.07, 6.45) is 3.76. The lowest BCUT2D eigenvalue weighted by Gasteiger charge is -2.27. The topological polar surface area (TPSA) is 32.3 Å². The van der Waals surface area contributed by atoms with Gasteiger partial charge in [0, 0.05) is 18.1 Å². The minimum absolute atomic E-state index is 0.0247. The molecule has 1 aromatic carbocycles. The van der Waals surface area contributed by atoms with Crippen molar-refractivity contribution in [3.8, 4) is 0 Å². The highest BCUT2D eigenvalue weighted by atomic mass is 35.5. The van der Waals surface area contributed by atoms with Crippen molar-refractivity contribution in [2.24, 2.45) is 11.8 Å². The molecular weight excluding hydrogens is 284 g/mol. The molecule has 114 valence electrons. The Morgan fingerprint density at radius 2 is 2.29 bits per heavy atom. The van der Waals surface area contributed by atoms with Gasteiger partial charge in [0.25, 0.3) is 0 Å². The number of halogens is 1. The highest BCUT2D eigenvalue weighted by molar-refractivity contribution is 6.30. The van der Waals surface area contributed by atoms with E-state index in [0.29, 0.717) is 18.4 Å². The van der Waals surface area contributed by atoms with Gasteiger partial charge in [0.05, 0.1) is 6.04 Å². The SMILES string of the molecule is CCN(Cc1cccc(Cl)c1)C(=O)C1NCC2CCCC21. The second kappa shape index (κ2) is 6.37. The third-order valence-corrected chi connectivity index (χ3v) is 5.20. The van der Waals surface area contributed by atoms with Gasteiger partial charge >= 0.3 is 0 Å². The minimum Gasteiger partial charge on any atom is -0.337 e. The molecule has 1 saturated carbocycles. The Morgan fingerprint density at radius 3 is 3.05 bits per heavy atom. The summed E-state index contributed by atoms with van der Waals surface area (Å²) in [4.78, 5) is 14.8. The highest BCUT2D eigenvalue weighted by Crippen LogP contribution is 2.38. The summed E-state index contributed by atoms with van der Waals surface area (Å²) in [6, 6.07) is 7.80. The normalized spacial score (nSPS) is 27.6. The molecule has 3 nitrogen and oxygen atoms in total. The molecule has 3 rings (SSSR count). The molecule has 0 spiro atoms. The van der Waals surface area contributed by atoms with E-state index in [1.807, 2.05) is 36.1 Å². The lowest BCUT2D eigenvalue weighted by molar-refractivity contribution is -0.134. The third kappa shape index (κ3) is 3.09. The lowest BCUT2D eigenvalue weighted by Crippen LogP contribution is -2.46. The minimum atomic E-state index is 0.0247. The number of benzene rings is 1. The number of likely N-dealkylation sites (N-methyl/N-ethyl adjacent to an activating group) is 1. The molecule has 1 aliphatic carbocycles. The molecule has 3 atom stereocenters. The van der Waals surface area contributed by atoms with Gasteiger partial charge in [-0.2, -0.15) is 0 Å². The first-order valence-electron chi connectivity index (χ1n) is 7.95. The number of fused-ring (bicyclic) bond motifs is 1. The summed E-state index contributed by atoms with van der Waals surface area (Å²) in [5, 5.41) is 4.18. The molecule has 1 aliphatic heterocycles. The lowest BCUT2D eigenvalue weighted by atomic mass is 9.93. The zero-order valence-electron chi connectivity index (χ0n) is 12.5. The van der Waals surface area contributed by atoms with E-state index in [0.717, 1.165) is 23.7 Å². The smallest absolute Gasteiger partial charge is 0.240 e. The van der Waals surface area contributed by atoms with Gasteiger partial charge in [-0.1, -0.05) is 30.2 Å².